The van der Waals surface area contributed by atoms with Crippen molar-refractivity contribution in [3.05, 3.63) is 54.1 Å². The number of pyridine rings is 2. The van der Waals surface area contributed by atoms with Gasteiger partial charge in [0.1, 0.15) is 15.6 Å². The monoisotopic (exact) mass is 322 g/mol. The second kappa shape index (κ2) is 6.70. The predicted molar refractivity (Wildman–Crippen MR) is 83.3 cm³/mol. The van der Waals surface area contributed by atoms with Crippen LogP contribution in [0.25, 0.3) is 0 Å². The molecule has 0 aromatic carbocycles. The first-order valence-corrected chi connectivity index (χ1v) is 8.03. The van der Waals surface area contributed by atoms with Crippen LogP contribution in [0.2, 0.25) is 0 Å². The highest BCUT2D eigenvalue weighted by Crippen LogP contribution is 2.12. The van der Waals surface area contributed by atoms with Crippen LogP contribution in [0.5, 0.6) is 0 Å². The Morgan fingerprint density at radius 3 is 2.71 bits per heavy atom. The van der Waals surface area contributed by atoms with Crippen molar-refractivity contribution in [1.29, 1.82) is 0 Å². The summed E-state index contributed by atoms with van der Waals surface area (Å²) in [6.45, 7) is 0.250. The van der Waals surface area contributed by atoms with Gasteiger partial charge in [0.15, 0.2) is 0 Å². The van der Waals surface area contributed by atoms with E-state index in [9.17, 15) is 8.42 Å². The summed E-state index contributed by atoms with van der Waals surface area (Å²) < 4.78 is 27.0. The number of sulfonamides is 1. The highest BCUT2D eigenvalue weighted by atomic mass is 32.2. The normalized spacial score (nSPS) is 11.2. The lowest BCUT2D eigenvalue weighted by Crippen LogP contribution is -2.29. The average molecular weight is 322 g/mol. The molecule has 0 unspecified atom stereocenters. The van der Waals surface area contributed by atoms with E-state index < -0.39 is 10.0 Å². The number of nitrogens with two attached hydrogens (primary N) is 1. The maximum Gasteiger partial charge on any atom is 0.242 e. The predicted octanol–water partition coefficient (Wildman–Crippen LogP) is 0.632. The molecule has 2 rings (SSSR count). The highest BCUT2D eigenvalue weighted by Gasteiger charge is 2.20. The molecular weight excluding hydrogens is 308 g/mol. The molecule has 0 fully saturated rings. The second-order valence-corrected chi connectivity index (χ2v) is 6.40. The van der Waals surface area contributed by atoms with Crippen molar-refractivity contribution in [3.63, 3.8) is 0 Å². The van der Waals surface area contributed by atoms with Crippen molar-refractivity contribution in [2.24, 2.45) is 5.73 Å². The van der Waals surface area contributed by atoms with Gasteiger partial charge in [-0.1, -0.05) is 18.3 Å². The molecule has 110 valence electrons. The van der Waals surface area contributed by atoms with Gasteiger partial charge in [-0.15, -0.1) is 0 Å². The van der Waals surface area contributed by atoms with Crippen LogP contribution in [-0.4, -0.2) is 29.9 Å². The van der Waals surface area contributed by atoms with Crippen molar-refractivity contribution < 1.29 is 8.42 Å². The van der Waals surface area contributed by atoms with Crippen molar-refractivity contribution >= 4 is 27.2 Å². The van der Waals surface area contributed by atoms with Gasteiger partial charge in [-0.05, 0) is 30.2 Å². The zero-order valence-electron chi connectivity index (χ0n) is 11.1. The molecule has 0 saturated carbocycles. The lowest BCUT2D eigenvalue weighted by Gasteiger charge is -2.09. The van der Waals surface area contributed by atoms with Gasteiger partial charge < -0.3 is 5.73 Å². The Morgan fingerprint density at radius 2 is 2.05 bits per heavy atom. The molecule has 0 bridgehead atoms. The van der Waals surface area contributed by atoms with E-state index in [1.54, 1.807) is 18.5 Å². The Morgan fingerprint density at radius 1 is 1.29 bits per heavy atom. The quantitative estimate of drug-likeness (QED) is 0.757. The first-order chi connectivity index (χ1) is 10.0. The maximum absolute atomic E-state index is 12.3. The standard InChI is InChI=1S/C13H14N4O2S2/c14-13(20)12-11(4-2-7-16-12)21(18,19)17-8-5-10-3-1-6-15-9-10/h1-4,6-7,9,17H,5,8H2,(H2,14,20). The van der Waals surface area contributed by atoms with Gasteiger partial charge in [-0.25, -0.2) is 13.1 Å². The first-order valence-electron chi connectivity index (χ1n) is 6.14. The number of thiocarbonyl (C=S) groups is 1. The van der Waals surface area contributed by atoms with Crippen LogP contribution >= 0.6 is 12.2 Å². The van der Waals surface area contributed by atoms with E-state index in [-0.39, 0.29) is 22.1 Å². The van der Waals surface area contributed by atoms with Gasteiger partial charge in [0.25, 0.3) is 0 Å². The summed E-state index contributed by atoms with van der Waals surface area (Å²) >= 11 is 4.82. The van der Waals surface area contributed by atoms with Crippen LogP contribution in [-0.2, 0) is 16.4 Å². The Hall–Kier alpha value is -1.90. The lowest BCUT2D eigenvalue weighted by atomic mass is 10.2. The number of rotatable bonds is 6. The molecule has 0 atom stereocenters. The van der Waals surface area contributed by atoms with E-state index in [0.29, 0.717) is 6.42 Å². The molecule has 0 spiro atoms. The summed E-state index contributed by atoms with van der Waals surface area (Å²) in [7, 11) is -3.71. The van der Waals surface area contributed by atoms with Crippen LogP contribution in [0.15, 0.2) is 47.8 Å². The van der Waals surface area contributed by atoms with Crippen LogP contribution < -0.4 is 10.5 Å². The average Bonchev–Trinajstić information content (AvgIpc) is 2.48. The molecule has 0 aliphatic rings. The minimum Gasteiger partial charge on any atom is -0.388 e. The van der Waals surface area contributed by atoms with E-state index in [1.165, 1.54) is 18.3 Å². The molecule has 2 aromatic heterocycles. The topological polar surface area (TPSA) is 98.0 Å². The second-order valence-electron chi connectivity index (χ2n) is 4.22. The van der Waals surface area contributed by atoms with Gasteiger partial charge in [0, 0.05) is 25.1 Å². The minimum atomic E-state index is -3.71. The van der Waals surface area contributed by atoms with E-state index in [1.807, 2.05) is 6.07 Å². The molecular formula is C13H14N4O2S2. The fourth-order valence-corrected chi connectivity index (χ4v) is 3.17. The molecule has 0 aliphatic carbocycles. The number of nitrogens with one attached hydrogen (secondary N) is 1. The summed E-state index contributed by atoms with van der Waals surface area (Å²) in [5.74, 6) is 0. The number of nitrogens with zero attached hydrogens (tertiary/aromatic N) is 2. The lowest BCUT2D eigenvalue weighted by molar-refractivity contribution is 0.581. The van der Waals surface area contributed by atoms with Gasteiger partial charge >= 0.3 is 0 Å². The van der Waals surface area contributed by atoms with E-state index >= 15 is 0 Å². The number of aromatic nitrogens is 2. The smallest absolute Gasteiger partial charge is 0.242 e. The molecule has 0 radical (unpaired) electrons. The SMILES string of the molecule is NC(=S)c1ncccc1S(=O)(=O)NCCc1cccnc1. The molecule has 21 heavy (non-hydrogen) atoms. The molecule has 0 aliphatic heterocycles. The molecule has 0 amide bonds. The van der Waals surface area contributed by atoms with Gasteiger partial charge in [0.2, 0.25) is 10.0 Å². The summed E-state index contributed by atoms with van der Waals surface area (Å²) in [6, 6.07) is 6.63. The van der Waals surface area contributed by atoms with Gasteiger partial charge in [0.05, 0.1) is 0 Å². The summed E-state index contributed by atoms with van der Waals surface area (Å²) in [5.41, 5.74) is 6.54. The minimum absolute atomic E-state index is 0.0105. The fraction of sp³-hybridized carbons (Fsp3) is 0.154. The van der Waals surface area contributed by atoms with Crippen LogP contribution in [0.3, 0.4) is 0 Å². The Balaban J connectivity index is 2.11. The van der Waals surface area contributed by atoms with Crippen molar-refractivity contribution in [3.8, 4) is 0 Å². The van der Waals surface area contributed by atoms with Gasteiger partial charge in [-0.3, -0.25) is 9.97 Å². The van der Waals surface area contributed by atoms with Crippen LogP contribution in [0.4, 0.5) is 0 Å². The molecule has 2 heterocycles. The third-order valence-electron chi connectivity index (χ3n) is 2.72. The maximum atomic E-state index is 12.3. The fourth-order valence-electron chi connectivity index (χ4n) is 1.75. The molecule has 8 heteroatoms. The Bertz CT molecular complexity index is 733. The largest absolute Gasteiger partial charge is 0.388 e. The van der Waals surface area contributed by atoms with Crippen LogP contribution in [0.1, 0.15) is 11.3 Å². The zero-order valence-corrected chi connectivity index (χ0v) is 12.7. The van der Waals surface area contributed by atoms with Crippen molar-refractivity contribution in [1.82, 2.24) is 14.7 Å². The summed E-state index contributed by atoms with van der Waals surface area (Å²) in [4.78, 5) is 7.83. The van der Waals surface area contributed by atoms with E-state index in [4.69, 9.17) is 18.0 Å². The first kappa shape index (κ1) is 15.5. The third-order valence-corrected chi connectivity index (χ3v) is 4.41. The Labute approximate surface area is 128 Å². The Kier molecular flexibility index (Phi) is 4.94. The number of hydrogen-bond acceptors (Lipinski definition) is 5. The van der Waals surface area contributed by atoms with Gasteiger partial charge in [-0.2, -0.15) is 0 Å². The molecule has 3 N–H and O–H groups in total. The molecule has 0 saturated heterocycles. The van der Waals surface area contributed by atoms with Crippen molar-refractivity contribution in [2.75, 3.05) is 6.54 Å². The highest BCUT2D eigenvalue weighted by molar-refractivity contribution is 7.89. The molecule has 2 aromatic rings. The van der Waals surface area contributed by atoms with E-state index in [2.05, 4.69) is 14.7 Å². The number of hydrogen-bond donors (Lipinski definition) is 2. The summed E-state index contributed by atoms with van der Waals surface area (Å²) in [6.07, 6.45) is 5.34. The summed E-state index contributed by atoms with van der Waals surface area (Å²) in [5, 5.41) is 0. The van der Waals surface area contributed by atoms with Crippen molar-refractivity contribution in [2.45, 2.75) is 11.3 Å². The van der Waals surface area contributed by atoms with E-state index in [0.717, 1.165) is 5.56 Å². The third kappa shape index (κ3) is 4.03. The van der Waals surface area contributed by atoms with Crippen LogP contribution in [0, 0.1) is 0 Å². The molecule has 6 nitrogen and oxygen atoms in total. The zero-order chi connectivity index (χ0) is 15.3.